The summed E-state index contributed by atoms with van der Waals surface area (Å²) in [7, 11) is 0. The van der Waals surface area contributed by atoms with E-state index in [1.165, 1.54) is 18.2 Å². The Balaban J connectivity index is 2.18. The van der Waals surface area contributed by atoms with Crippen molar-refractivity contribution in [2.24, 2.45) is 0 Å². The van der Waals surface area contributed by atoms with Gasteiger partial charge in [-0.05, 0) is 24.3 Å². The zero-order valence-corrected chi connectivity index (χ0v) is 12.2. The van der Waals surface area contributed by atoms with Crippen molar-refractivity contribution >= 4 is 52.2 Å². The molecule has 0 aliphatic carbocycles. The zero-order chi connectivity index (χ0) is 14.7. The van der Waals surface area contributed by atoms with Crippen LogP contribution >= 0.6 is 34.8 Å². The summed E-state index contributed by atoms with van der Waals surface area (Å²) in [5.41, 5.74) is 0.121. The fourth-order valence-corrected chi connectivity index (χ4v) is 2.19. The minimum atomic E-state index is -0.702. The summed E-state index contributed by atoms with van der Waals surface area (Å²) in [6, 6.07) is 8.16. The third-order valence-electron chi connectivity index (χ3n) is 2.40. The lowest BCUT2D eigenvalue weighted by atomic mass is 10.3. The number of hydrogen-bond acceptors (Lipinski definition) is 1. The van der Waals surface area contributed by atoms with Crippen molar-refractivity contribution in [3.8, 4) is 0 Å². The van der Waals surface area contributed by atoms with E-state index in [-0.39, 0.29) is 26.4 Å². The summed E-state index contributed by atoms with van der Waals surface area (Å²) >= 11 is 17.6. The van der Waals surface area contributed by atoms with E-state index in [9.17, 15) is 9.18 Å². The molecule has 7 heteroatoms. The second-order valence-corrected chi connectivity index (χ2v) is 4.99. The van der Waals surface area contributed by atoms with E-state index in [4.69, 9.17) is 34.8 Å². The predicted molar refractivity (Wildman–Crippen MR) is 80.5 cm³/mol. The maximum absolute atomic E-state index is 13.5. The second kappa shape index (κ2) is 6.31. The number of urea groups is 1. The summed E-state index contributed by atoms with van der Waals surface area (Å²) < 4.78 is 13.5. The zero-order valence-electron chi connectivity index (χ0n) is 9.88. The molecule has 0 fully saturated rings. The van der Waals surface area contributed by atoms with Gasteiger partial charge in [-0.15, -0.1) is 0 Å². The van der Waals surface area contributed by atoms with E-state index < -0.39 is 11.8 Å². The molecule has 0 aromatic heterocycles. The van der Waals surface area contributed by atoms with Gasteiger partial charge in [-0.3, -0.25) is 0 Å². The van der Waals surface area contributed by atoms with Crippen LogP contribution in [0.15, 0.2) is 36.4 Å². The molecule has 0 aliphatic heterocycles. The van der Waals surface area contributed by atoms with E-state index in [1.807, 2.05) is 0 Å². The summed E-state index contributed by atoms with van der Waals surface area (Å²) in [6.07, 6.45) is 0. The molecule has 2 rings (SSSR count). The molecule has 2 amide bonds. The molecule has 0 atom stereocenters. The maximum atomic E-state index is 13.5. The van der Waals surface area contributed by atoms with Crippen LogP contribution in [-0.4, -0.2) is 6.03 Å². The van der Waals surface area contributed by atoms with Gasteiger partial charge < -0.3 is 10.6 Å². The molecule has 2 aromatic rings. The van der Waals surface area contributed by atoms with Crippen molar-refractivity contribution in [2.45, 2.75) is 0 Å². The minimum Gasteiger partial charge on any atom is -0.305 e. The van der Waals surface area contributed by atoms with Gasteiger partial charge in [0.25, 0.3) is 0 Å². The number of hydrogen-bond donors (Lipinski definition) is 2. The van der Waals surface area contributed by atoms with E-state index in [1.54, 1.807) is 18.2 Å². The molecule has 20 heavy (non-hydrogen) atoms. The Morgan fingerprint density at radius 3 is 1.85 bits per heavy atom. The van der Waals surface area contributed by atoms with E-state index in [0.29, 0.717) is 0 Å². The van der Waals surface area contributed by atoms with Gasteiger partial charge in [0.1, 0.15) is 5.82 Å². The van der Waals surface area contributed by atoms with Crippen LogP contribution in [-0.2, 0) is 0 Å². The molecule has 0 unspecified atom stereocenters. The first-order valence-electron chi connectivity index (χ1n) is 5.45. The SMILES string of the molecule is O=C(Nc1c(F)cccc1Cl)Nc1c(Cl)cccc1Cl. The molecule has 104 valence electrons. The average molecular weight is 334 g/mol. The molecule has 0 aliphatic rings. The summed E-state index contributed by atoms with van der Waals surface area (Å²) in [5, 5.41) is 5.38. The van der Waals surface area contributed by atoms with Crippen molar-refractivity contribution in [1.82, 2.24) is 0 Å². The standard InChI is InChI=1S/C13H8Cl3FN2O/c14-7-3-1-4-8(15)11(7)18-13(20)19-12-9(16)5-2-6-10(12)17/h1-6H,(H2,18,19,20). The first-order chi connectivity index (χ1) is 9.49. The molecule has 0 saturated carbocycles. The van der Waals surface area contributed by atoms with Crippen molar-refractivity contribution in [3.05, 3.63) is 57.3 Å². The predicted octanol–water partition coefficient (Wildman–Crippen LogP) is 5.43. The quantitative estimate of drug-likeness (QED) is 0.756. The van der Waals surface area contributed by atoms with Gasteiger partial charge in [0.05, 0.1) is 26.4 Å². The molecule has 0 spiro atoms. The third kappa shape index (κ3) is 3.33. The van der Waals surface area contributed by atoms with E-state index in [0.717, 1.165) is 0 Å². The normalized spacial score (nSPS) is 10.2. The fraction of sp³-hybridized carbons (Fsp3) is 0. The Morgan fingerprint density at radius 2 is 1.30 bits per heavy atom. The van der Waals surface area contributed by atoms with Gasteiger partial charge >= 0.3 is 6.03 Å². The fourth-order valence-electron chi connectivity index (χ4n) is 1.49. The lowest BCUT2D eigenvalue weighted by Gasteiger charge is -2.11. The number of benzene rings is 2. The Bertz CT molecular complexity index is 568. The topological polar surface area (TPSA) is 41.1 Å². The van der Waals surface area contributed by atoms with Gasteiger partial charge in [0.2, 0.25) is 0 Å². The van der Waals surface area contributed by atoms with Crippen molar-refractivity contribution in [1.29, 1.82) is 0 Å². The highest BCUT2D eigenvalue weighted by atomic mass is 35.5. The summed E-state index contributed by atoms with van der Waals surface area (Å²) in [6.45, 7) is 0. The monoisotopic (exact) mass is 332 g/mol. The molecular weight excluding hydrogens is 326 g/mol. The van der Waals surface area contributed by atoms with Gasteiger partial charge in [-0.2, -0.15) is 0 Å². The highest BCUT2D eigenvalue weighted by molar-refractivity contribution is 6.40. The molecule has 0 bridgehead atoms. The number of amides is 2. The summed E-state index contributed by atoms with van der Waals surface area (Å²) in [4.78, 5) is 11.8. The Labute approximate surface area is 129 Å². The maximum Gasteiger partial charge on any atom is 0.323 e. The Hall–Kier alpha value is -1.49. The highest BCUT2D eigenvalue weighted by Crippen LogP contribution is 2.30. The number of halogens is 4. The van der Waals surface area contributed by atoms with Crippen LogP contribution < -0.4 is 10.6 Å². The Kier molecular flexibility index (Phi) is 4.70. The van der Waals surface area contributed by atoms with Crippen LogP contribution in [0, 0.1) is 5.82 Å². The number of anilines is 2. The van der Waals surface area contributed by atoms with Crippen LogP contribution in [0.5, 0.6) is 0 Å². The number of para-hydroxylation sites is 2. The lowest BCUT2D eigenvalue weighted by molar-refractivity contribution is 0.262. The molecule has 2 N–H and O–H groups in total. The number of carbonyl (C=O) groups excluding carboxylic acids is 1. The lowest BCUT2D eigenvalue weighted by Crippen LogP contribution is -2.20. The molecule has 3 nitrogen and oxygen atoms in total. The largest absolute Gasteiger partial charge is 0.323 e. The third-order valence-corrected chi connectivity index (χ3v) is 3.35. The number of nitrogens with one attached hydrogen (secondary N) is 2. The van der Waals surface area contributed by atoms with Crippen molar-refractivity contribution < 1.29 is 9.18 Å². The van der Waals surface area contributed by atoms with E-state index >= 15 is 0 Å². The molecule has 0 saturated heterocycles. The van der Waals surface area contributed by atoms with Gasteiger partial charge in [-0.1, -0.05) is 46.9 Å². The first kappa shape index (κ1) is 14.9. The van der Waals surface area contributed by atoms with Crippen LogP contribution in [0.4, 0.5) is 20.6 Å². The second-order valence-electron chi connectivity index (χ2n) is 3.77. The van der Waals surface area contributed by atoms with E-state index in [2.05, 4.69) is 10.6 Å². The number of carbonyl (C=O) groups is 1. The number of rotatable bonds is 2. The first-order valence-corrected chi connectivity index (χ1v) is 6.58. The van der Waals surface area contributed by atoms with Gasteiger partial charge in [0, 0.05) is 0 Å². The molecule has 0 radical (unpaired) electrons. The summed E-state index contributed by atoms with van der Waals surface area (Å²) in [5.74, 6) is -0.641. The van der Waals surface area contributed by atoms with Gasteiger partial charge in [-0.25, -0.2) is 9.18 Å². The van der Waals surface area contributed by atoms with Crippen LogP contribution in [0.25, 0.3) is 0 Å². The van der Waals surface area contributed by atoms with Crippen LogP contribution in [0.3, 0.4) is 0 Å². The minimum absolute atomic E-state index is 0.0883. The van der Waals surface area contributed by atoms with Crippen molar-refractivity contribution in [2.75, 3.05) is 10.6 Å². The molecule has 2 aromatic carbocycles. The average Bonchev–Trinajstić information content (AvgIpc) is 2.39. The van der Waals surface area contributed by atoms with Crippen LogP contribution in [0.1, 0.15) is 0 Å². The smallest absolute Gasteiger partial charge is 0.305 e. The molecular formula is C13H8Cl3FN2O. The molecule has 0 heterocycles. The van der Waals surface area contributed by atoms with Gasteiger partial charge in [0.15, 0.2) is 0 Å². The Morgan fingerprint density at radius 1 is 0.850 bits per heavy atom. The highest BCUT2D eigenvalue weighted by Gasteiger charge is 2.13. The van der Waals surface area contributed by atoms with Crippen LogP contribution in [0.2, 0.25) is 15.1 Å². The van der Waals surface area contributed by atoms with Crippen molar-refractivity contribution in [3.63, 3.8) is 0 Å².